The minimum Gasteiger partial charge on any atom is -0.493 e. The Hall–Kier alpha value is -3.70. The van der Waals surface area contributed by atoms with E-state index >= 15 is 0 Å². The SMILES string of the molecule is COc1cc(NC(=O)c2ccco2)c(C(=O)OCC(=O)NCC(F)(F)F)cc1OC. The molecule has 9 nitrogen and oxygen atoms in total. The van der Waals surface area contributed by atoms with Crippen molar-refractivity contribution in [1.82, 2.24) is 5.32 Å². The number of esters is 1. The highest BCUT2D eigenvalue weighted by atomic mass is 19.4. The van der Waals surface area contributed by atoms with Crippen LogP contribution in [0.3, 0.4) is 0 Å². The predicted octanol–water partition coefficient (Wildman–Crippen LogP) is 2.38. The van der Waals surface area contributed by atoms with Gasteiger partial charge in [-0.15, -0.1) is 0 Å². The molecular weight excluding hydrogens is 413 g/mol. The summed E-state index contributed by atoms with van der Waals surface area (Å²) in [6.07, 6.45) is -3.33. The number of benzene rings is 1. The Morgan fingerprint density at radius 1 is 1.10 bits per heavy atom. The average Bonchev–Trinajstić information content (AvgIpc) is 3.24. The molecule has 0 atom stereocenters. The number of methoxy groups -OCH3 is 2. The highest BCUT2D eigenvalue weighted by Crippen LogP contribution is 2.34. The van der Waals surface area contributed by atoms with Crippen molar-refractivity contribution in [3.05, 3.63) is 41.9 Å². The number of carbonyl (C=O) groups excluding carboxylic acids is 3. The average molecular weight is 430 g/mol. The highest BCUT2D eigenvalue weighted by molar-refractivity contribution is 6.07. The molecule has 1 aromatic carbocycles. The molecule has 1 aromatic heterocycles. The number of hydrogen-bond donors (Lipinski definition) is 2. The van der Waals surface area contributed by atoms with Crippen LogP contribution in [-0.4, -0.2) is 51.3 Å². The minimum atomic E-state index is -4.60. The van der Waals surface area contributed by atoms with Crippen molar-refractivity contribution >= 4 is 23.5 Å². The molecule has 0 aliphatic carbocycles. The van der Waals surface area contributed by atoms with E-state index in [9.17, 15) is 27.6 Å². The maximum Gasteiger partial charge on any atom is 0.405 e. The summed E-state index contributed by atoms with van der Waals surface area (Å²) >= 11 is 0. The Balaban J connectivity index is 2.20. The van der Waals surface area contributed by atoms with Crippen LogP contribution in [0.1, 0.15) is 20.9 Å². The van der Waals surface area contributed by atoms with Gasteiger partial charge in [0, 0.05) is 12.1 Å². The van der Waals surface area contributed by atoms with E-state index < -0.39 is 37.1 Å². The van der Waals surface area contributed by atoms with E-state index in [1.165, 1.54) is 44.7 Å². The number of hydrogen-bond acceptors (Lipinski definition) is 7. The van der Waals surface area contributed by atoms with Gasteiger partial charge in [0.1, 0.15) is 6.54 Å². The number of furan rings is 1. The van der Waals surface area contributed by atoms with Crippen molar-refractivity contribution in [3.8, 4) is 11.5 Å². The number of halogens is 3. The molecular formula is C18H17F3N2O7. The molecule has 1 heterocycles. The van der Waals surface area contributed by atoms with E-state index in [-0.39, 0.29) is 28.5 Å². The molecule has 0 aliphatic heterocycles. The second-order valence-corrected chi connectivity index (χ2v) is 5.65. The smallest absolute Gasteiger partial charge is 0.405 e. The molecule has 2 amide bonds. The molecule has 0 bridgehead atoms. The van der Waals surface area contributed by atoms with Gasteiger partial charge in [0.2, 0.25) is 0 Å². The Morgan fingerprint density at radius 2 is 1.77 bits per heavy atom. The molecule has 0 aliphatic rings. The third-order valence-electron chi connectivity index (χ3n) is 3.56. The number of ether oxygens (including phenoxy) is 3. The lowest BCUT2D eigenvalue weighted by atomic mass is 10.1. The number of rotatable bonds is 8. The summed E-state index contributed by atoms with van der Waals surface area (Å²) in [5.41, 5.74) is -0.286. The zero-order valence-electron chi connectivity index (χ0n) is 15.8. The number of carbonyl (C=O) groups is 3. The van der Waals surface area contributed by atoms with Crippen LogP contribution in [0.5, 0.6) is 11.5 Å². The van der Waals surface area contributed by atoms with Gasteiger partial charge in [-0.05, 0) is 12.1 Å². The van der Waals surface area contributed by atoms with Crippen molar-refractivity contribution in [2.24, 2.45) is 0 Å². The largest absolute Gasteiger partial charge is 0.493 e. The Bertz CT molecular complexity index is 911. The molecule has 2 N–H and O–H groups in total. The summed E-state index contributed by atoms with van der Waals surface area (Å²) in [5.74, 6) is -2.69. The number of anilines is 1. The molecule has 162 valence electrons. The fourth-order valence-electron chi connectivity index (χ4n) is 2.20. The topological polar surface area (TPSA) is 116 Å². The maximum atomic E-state index is 12.4. The summed E-state index contributed by atoms with van der Waals surface area (Å²) in [6.45, 7) is -2.53. The van der Waals surface area contributed by atoms with E-state index in [0.29, 0.717) is 0 Å². The van der Waals surface area contributed by atoms with E-state index in [2.05, 4.69) is 5.32 Å². The van der Waals surface area contributed by atoms with Crippen molar-refractivity contribution in [1.29, 1.82) is 0 Å². The number of amides is 2. The van der Waals surface area contributed by atoms with Gasteiger partial charge in [0.25, 0.3) is 11.8 Å². The first-order valence-electron chi connectivity index (χ1n) is 8.26. The zero-order valence-corrected chi connectivity index (χ0v) is 15.8. The minimum absolute atomic E-state index is 0.0457. The maximum absolute atomic E-state index is 12.4. The lowest BCUT2D eigenvalue weighted by Crippen LogP contribution is -2.36. The van der Waals surface area contributed by atoms with Crippen LogP contribution in [0.2, 0.25) is 0 Å². The number of nitrogens with one attached hydrogen (secondary N) is 2. The Kier molecular flexibility index (Phi) is 7.28. The summed E-state index contributed by atoms with van der Waals surface area (Å²) in [7, 11) is 2.64. The number of alkyl halides is 3. The van der Waals surface area contributed by atoms with E-state index in [1.54, 1.807) is 5.32 Å². The predicted molar refractivity (Wildman–Crippen MR) is 95.6 cm³/mol. The van der Waals surface area contributed by atoms with Crippen LogP contribution >= 0.6 is 0 Å². The summed E-state index contributed by atoms with van der Waals surface area (Å²) < 4.78 is 56.3. The molecule has 0 spiro atoms. The first kappa shape index (κ1) is 22.6. The van der Waals surface area contributed by atoms with Gasteiger partial charge in [0.15, 0.2) is 23.9 Å². The van der Waals surface area contributed by atoms with Gasteiger partial charge in [0.05, 0.1) is 31.7 Å². The van der Waals surface area contributed by atoms with Crippen molar-refractivity contribution in [2.45, 2.75) is 6.18 Å². The first-order valence-corrected chi connectivity index (χ1v) is 8.26. The zero-order chi connectivity index (χ0) is 22.3. The standard InChI is InChI=1S/C18H17F3N2O7/c1-27-13-6-10(17(26)30-8-15(24)22-9-18(19,20)21)11(7-14(13)28-2)23-16(25)12-4-3-5-29-12/h3-7H,8-9H2,1-2H3,(H,22,24)(H,23,25). The van der Waals surface area contributed by atoms with Gasteiger partial charge in [-0.25, -0.2) is 4.79 Å². The van der Waals surface area contributed by atoms with Crippen molar-refractivity contribution < 1.29 is 46.2 Å². The van der Waals surface area contributed by atoms with Crippen molar-refractivity contribution in [2.75, 3.05) is 32.7 Å². The molecule has 0 saturated heterocycles. The Labute approximate surface area is 168 Å². The fourth-order valence-corrected chi connectivity index (χ4v) is 2.20. The second-order valence-electron chi connectivity index (χ2n) is 5.65. The third kappa shape index (κ3) is 6.15. The van der Waals surface area contributed by atoms with Crippen LogP contribution in [0.25, 0.3) is 0 Å². The quantitative estimate of drug-likeness (QED) is 0.618. The summed E-state index contributed by atoms with van der Waals surface area (Å²) in [5, 5.41) is 4.00. The van der Waals surface area contributed by atoms with Crippen LogP contribution in [0, 0.1) is 0 Å². The lowest BCUT2D eigenvalue weighted by molar-refractivity contribution is -0.140. The summed E-state index contributed by atoms with van der Waals surface area (Å²) in [6, 6.07) is 5.34. The fraction of sp³-hybridized carbons (Fsp3) is 0.278. The molecule has 0 fully saturated rings. The first-order chi connectivity index (χ1) is 14.1. The van der Waals surface area contributed by atoms with Crippen LogP contribution < -0.4 is 20.1 Å². The van der Waals surface area contributed by atoms with E-state index in [0.717, 1.165) is 0 Å². The molecule has 2 aromatic rings. The molecule has 2 rings (SSSR count). The molecule has 30 heavy (non-hydrogen) atoms. The second kappa shape index (κ2) is 9.67. The highest BCUT2D eigenvalue weighted by Gasteiger charge is 2.28. The molecule has 0 radical (unpaired) electrons. The summed E-state index contributed by atoms with van der Waals surface area (Å²) in [4.78, 5) is 36.1. The Morgan fingerprint density at radius 3 is 2.33 bits per heavy atom. The van der Waals surface area contributed by atoms with Gasteiger partial charge in [-0.1, -0.05) is 0 Å². The monoisotopic (exact) mass is 430 g/mol. The van der Waals surface area contributed by atoms with Gasteiger partial charge < -0.3 is 29.3 Å². The lowest BCUT2D eigenvalue weighted by Gasteiger charge is -2.15. The van der Waals surface area contributed by atoms with E-state index in [4.69, 9.17) is 18.6 Å². The van der Waals surface area contributed by atoms with Gasteiger partial charge in [-0.2, -0.15) is 13.2 Å². The van der Waals surface area contributed by atoms with Crippen LogP contribution in [0.15, 0.2) is 34.9 Å². The van der Waals surface area contributed by atoms with Gasteiger partial charge in [-0.3, -0.25) is 9.59 Å². The van der Waals surface area contributed by atoms with Crippen LogP contribution in [0.4, 0.5) is 18.9 Å². The van der Waals surface area contributed by atoms with Gasteiger partial charge >= 0.3 is 12.1 Å². The normalized spacial score (nSPS) is 10.8. The third-order valence-corrected chi connectivity index (χ3v) is 3.56. The molecule has 0 unspecified atom stereocenters. The molecule has 12 heteroatoms. The van der Waals surface area contributed by atoms with Crippen LogP contribution in [-0.2, 0) is 9.53 Å². The van der Waals surface area contributed by atoms with Crippen molar-refractivity contribution in [3.63, 3.8) is 0 Å². The molecule has 0 saturated carbocycles. The van der Waals surface area contributed by atoms with E-state index in [1.807, 2.05) is 0 Å².